The van der Waals surface area contributed by atoms with E-state index in [1.54, 1.807) is 18.2 Å². The van der Waals surface area contributed by atoms with Gasteiger partial charge in [-0.15, -0.1) is 0 Å². The van der Waals surface area contributed by atoms with Gasteiger partial charge in [-0.05, 0) is 43.4 Å². The van der Waals surface area contributed by atoms with Crippen LogP contribution >= 0.6 is 0 Å². The Bertz CT molecular complexity index is 871. The number of hydrogen-bond donors (Lipinski definition) is 0. The van der Waals surface area contributed by atoms with Crippen molar-refractivity contribution in [3.8, 4) is 0 Å². The number of Topliss-reactive ketones (excluding diaryl/α,β-unsaturated/α-hetero) is 2. The van der Waals surface area contributed by atoms with Crippen LogP contribution in [0.3, 0.4) is 0 Å². The molecule has 0 unspecified atom stereocenters. The molecule has 7 nitrogen and oxygen atoms in total. The topological polar surface area (TPSA) is 79.8 Å². The molecule has 1 aliphatic rings. The van der Waals surface area contributed by atoms with Gasteiger partial charge in [0.15, 0.2) is 11.6 Å². The first-order valence-corrected chi connectivity index (χ1v) is 9.13. The van der Waals surface area contributed by atoms with Gasteiger partial charge in [-0.1, -0.05) is 6.07 Å². The molecule has 28 heavy (non-hydrogen) atoms. The molecule has 0 aliphatic carbocycles. The molecule has 1 fully saturated rings. The van der Waals surface area contributed by atoms with Crippen LogP contribution in [-0.4, -0.2) is 67.8 Å². The third kappa shape index (κ3) is 4.61. The minimum Gasteiger partial charge on any atom is -0.464 e. The molecule has 146 valence electrons. The van der Waals surface area contributed by atoms with Crippen LogP contribution in [0.25, 0.3) is 0 Å². The lowest BCUT2D eigenvalue weighted by Crippen LogP contribution is -2.44. The lowest BCUT2D eigenvalue weighted by Gasteiger charge is -2.34. The van der Waals surface area contributed by atoms with E-state index in [4.69, 9.17) is 0 Å². The highest BCUT2D eigenvalue weighted by atomic mass is 16.5. The quantitative estimate of drug-likeness (QED) is 0.430. The van der Waals surface area contributed by atoms with Crippen molar-refractivity contribution in [3.05, 3.63) is 59.4 Å². The maximum Gasteiger partial charge on any atom is 0.356 e. The Labute approximate surface area is 163 Å². The second kappa shape index (κ2) is 8.75. The van der Waals surface area contributed by atoms with Crippen LogP contribution in [0.2, 0.25) is 0 Å². The highest BCUT2D eigenvalue weighted by Gasteiger charge is 2.18. The molecule has 0 N–H and O–H groups in total. The number of carbonyl (C=O) groups is 3. The summed E-state index contributed by atoms with van der Waals surface area (Å²) >= 11 is 0. The highest BCUT2D eigenvalue weighted by Crippen LogP contribution is 2.18. The number of carbonyl (C=O) groups excluding carboxylic acids is 3. The second-order valence-electron chi connectivity index (χ2n) is 6.76. The summed E-state index contributed by atoms with van der Waals surface area (Å²) in [5, 5.41) is 0. The van der Waals surface area contributed by atoms with Crippen LogP contribution in [0, 0.1) is 0 Å². The van der Waals surface area contributed by atoms with E-state index < -0.39 is 11.8 Å². The van der Waals surface area contributed by atoms with E-state index in [0.29, 0.717) is 5.56 Å². The SMILES string of the molecule is COC(=O)c1cccc(C(=O)CC(=O)c2ccc(N3CCN(C)CC3)cc2)n1. The summed E-state index contributed by atoms with van der Waals surface area (Å²) < 4.78 is 4.60. The van der Waals surface area contributed by atoms with Gasteiger partial charge in [-0.3, -0.25) is 9.59 Å². The number of benzene rings is 1. The monoisotopic (exact) mass is 381 g/mol. The molecule has 7 heteroatoms. The van der Waals surface area contributed by atoms with E-state index in [9.17, 15) is 14.4 Å². The molecule has 1 aromatic carbocycles. The summed E-state index contributed by atoms with van der Waals surface area (Å²) in [5.41, 5.74) is 1.67. The molecule has 3 rings (SSSR count). The van der Waals surface area contributed by atoms with E-state index in [1.807, 2.05) is 12.1 Å². The Morgan fingerprint density at radius 1 is 0.929 bits per heavy atom. The van der Waals surface area contributed by atoms with Gasteiger partial charge in [0.1, 0.15) is 11.4 Å². The second-order valence-corrected chi connectivity index (χ2v) is 6.76. The number of hydrogen-bond acceptors (Lipinski definition) is 7. The lowest BCUT2D eigenvalue weighted by molar-refractivity contribution is 0.0594. The molecule has 0 bridgehead atoms. The van der Waals surface area contributed by atoms with Crippen LogP contribution in [0.4, 0.5) is 5.69 Å². The predicted molar refractivity (Wildman–Crippen MR) is 105 cm³/mol. The van der Waals surface area contributed by atoms with Crippen LogP contribution in [0.5, 0.6) is 0 Å². The lowest BCUT2D eigenvalue weighted by atomic mass is 10.0. The van der Waals surface area contributed by atoms with Crippen molar-refractivity contribution in [2.45, 2.75) is 6.42 Å². The van der Waals surface area contributed by atoms with Crippen molar-refractivity contribution >= 4 is 23.2 Å². The van der Waals surface area contributed by atoms with Crippen molar-refractivity contribution in [3.63, 3.8) is 0 Å². The molecule has 1 aromatic heterocycles. The van der Waals surface area contributed by atoms with Crippen molar-refractivity contribution in [1.82, 2.24) is 9.88 Å². The van der Waals surface area contributed by atoms with E-state index in [0.717, 1.165) is 31.9 Å². The van der Waals surface area contributed by atoms with Gasteiger partial charge in [0.25, 0.3) is 0 Å². The van der Waals surface area contributed by atoms with E-state index in [1.165, 1.54) is 19.2 Å². The number of nitrogens with zero attached hydrogens (tertiary/aromatic N) is 3. The first kappa shape index (κ1) is 19.7. The van der Waals surface area contributed by atoms with Gasteiger partial charge in [-0.25, -0.2) is 9.78 Å². The van der Waals surface area contributed by atoms with Crippen LogP contribution < -0.4 is 4.90 Å². The maximum absolute atomic E-state index is 12.5. The van der Waals surface area contributed by atoms with Crippen LogP contribution in [-0.2, 0) is 4.74 Å². The standard InChI is InChI=1S/C21H23N3O4/c1-23-10-12-24(13-11-23)16-8-6-15(7-9-16)19(25)14-20(26)17-4-3-5-18(22-17)21(27)28-2/h3-9H,10-14H2,1-2H3. The average Bonchev–Trinajstić information content (AvgIpc) is 2.74. The summed E-state index contributed by atoms with van der Waals surface area (Å²) in [4.78, 5) is 44.9. The Balaban J connectivity index is 1.64. The zero-order chi connectivity index (χ0) is 20.1. The third-order valence-corrected chi connectivity index (χ3v) is 4.81. The summed E-state index contributed by atoms with van der Waals surface area (Å²) in [5.74, 6) is -1.33. The van der Waals surface area contributed by atoms with Crippen LogP contribution in [0.1, 0.15) is 37.8 Å². The van der Waals surface area contributed by atoms with Gasteiger partial charge in [0, 0.05) is 37.4 Å². The largest absolute Gasteiger partial charge is 0.464 e. The maximum atomic E-state index is 12.5. The molecular formula is C21H23N3O4. The van der Waals surface area contributed by atoms with Gasteiger partial charge in [-0.2, -0.15) is 0 Å². The smallest absolute Gasteiger partial charge is 0.356 e. The van der Waals surface area contributed by atoms with E-state index in [-0.39, 0.29) is 23.6 Å². The molecule has 1 aliphatic heterocycles. The first-order chi connectivity index (χ1) is 13.5. The van der Waals surface area contributed by atoms with Crippen molar-refractivity contribution in [2.75, 3.05) is 45.2 Å². The van der Waals surface area contributed by atoms with E-state index in [2.05, 4.69) is 26.6 Å². The van der Waals surface area contributed by atoms with Gasteiger partial charge in [0.05, 0.1) is 13.5 Å². The number of rotatable bonds is 6. The van der Waals surface area contributed by atoms with Crippen molar-refractivity contribution < 1.29 is 19.1 Å². The molecule has 1 saturated heterocycles. The molecule has 0 saturated carbocycles. The molecule has 0 spiro atoms. The Morgan fingerprint density at radius 3 is 2.21 bits per heavy atom. The van der Waals surface area contributed by atoms with Crippen molar-refractivity contribution in [1.29, 1.82) is 0 Å². The average molecular weight is 381 g/mol. The fourth-order valence-corrected chi connectivity index (χ4v) is 3.07. The minimum absolute atomic E-state index is 0.0392. The first-order valence-electron chi connectivity index (χ1n) is 9.13. The number of ether oxygens (including phenoxy) is 1. The van der Waals surface area contributed by atoms with Gasteiger partial charge < -0.3 is 14.5 Å². The van der Waals surface area contributed by atoms with Crippen LogP contribution in [0.15, 0.2) is 42.5 Å². The zero-order valence-electron chi connectivity index (χ0n) is 16.1. The fourth-order valence-electron chi connectivity index (χ4n) is 3.07. The molecule has 0 radical (unpaired) electrons. The van der Waals surface area contributed by atoms with E-state index >= 15 is 0 Å². The number of anilines is 1. The Kier molecular flexibility index (Phi) is 6.16. The number of pyridine rings is 1. The molecule has 2 heterocycles. The number of methoxy groups -OCH3 is 1. The highest BCUT2D eigenvalue weighted by molar-refractivity contribution is 6.13. The van der Waals surface area contributed by atoms with Gasteiger partial charge >= 0.3 is 5.97 Å². The predicted octanol–water partition coefficient (Wildman–Crippen LogP) is 2.08. The number of aromatic nitrogens is 1. The fraction of sp³-hybridized carbons (Fsp3) is 0.333. The van der Waals surface area contributed by atoms with Gasteiger partial charge in [0.2, 0.25) is 0 Å². The number of ketones is 2. The molecular weight excluding hydrogens is 358 g/mol. The third-order valence-electron chi connectivity index (χ3n) is 4.81. The number of likely N-dealkylation sites (N-methyl/N-ethyl adjacent to an activating group) is 1. The summed E-state index contributed by atoms with van der Waals surface area (Å²) in [7, 11) is 3.35. The normalized spacial score (nSPS) is 14.6. The molecule has 2 aromatic rings. The Hall–Kier alpha value is -3.06. The van der Waals surface area contributed by atoms with Crippen molar-refractivity contribution in [2.24, 2.45) is 0 Å². The minimum atomic E-state index is -0.625. The molecule has 0 atom stereocenters. The summed E-state index contributed by atoms with van der Waals surface area (Å²) in [6.07, 6.45) is -0.300. The number of piperazine rings is 1. The summed E-state index contributed by atoms with van der Waals surface area (Å²) in [6.45, 7) is 3.91. The Morgan fingerprint density at radius 2 is 1.57 bits per heavy atom. The zero-order valence-corrected chi connectivity index (χ0v) is 16.1. The summed E-state index contributed by atoms with van der Waals surface area (Å²) in [6, 6.07) is 11.8. The number of esters is 1. The molecule has 0 amide bonds.